The topological polar surface area (TPSA) is 69.6 Å². The molecule has 3 rings (SSSR count). The molecule has 0 unspecified atom stereocenters. The predicted molar refractivity (Wildman–Crippen MR) is 106 cm³/mol. The van der Waals surface area contributed by atoms with E-state index in [1.54, 1.807) is 18.2 Å². The van der Waals surface area contributed by atoms with Gasteiger partial charge in [0, 0.05) is 23.4 Å². The molecule has 0 aliphatic carbocycles. The molecule has 0 atom stereocenters. The van der Waals surface area contributed by atoms with E-state index in [0.717, 1.165) is 17.7 Å². The number of hydrogen-bond donors (Lipinski definition) is 2. The molecule has 0 bridgehead atoms. The summed E-state index contributed by atoms with van der Waals surface area (Å²) in [6, 6.07) is 9.94. The molecule has 0 aromatic heterocycles. The van der Waals surface area contributed by atoms with Crippen LogP contribution in [-0.4, -0.2) is 41.1 Å². The number of carbonyl (C=O) groups excluding carboxylic acids is 1. The third-order valence-corrected chi connectivity index (χ3v) is 5.39. The van der Waals surface area contributed by atoms with Crippen LogP contribution in [0.4, 0.5) is 27.6 Å². The average molecular weight is 456 g/mol. The maximum Gasteiger partial charge on any atom is 0.458 e. The summed E-state index contributed by atoms with van der Waals surface area (Å²) in [5.74, 6) is -6.77. The fourth-order valence-electron chi connectivity index (χ4n) is 3.54. The molecular formula is C22H21F5N2O3. The summed E-state index contributed by atoms with van der Waals surface area (Å²) in [7, 11) is 0. The number of anilines is 1. The molecule has 2 N–H and O–H groups in total. The number of aliphatic carboxylic acids is 1. The Balaban J connectivity index is 1.62. The van der Waals surface area contributed by atoms with Crippen LogP contribution in [0.3, 0.4) is 0 Å². The Morgan fingerprint density at radius 3 is 2.19 bits per heavy atom. The first kappa shape index (κ1) is 23.6. The summed E-state index contributed by atoms with van der Waals surface area (Å²) in [6.45, 7) is 1.85. The minimum Gasteiger partial charge on any atom is -0.481 e. The van der Waals surface area contributed by atoms with Crippen LogP contribution in [0, 0.1) is 5.92 Å². The number of hydrogen-bond acceptors (Lipinski definition) is 3. The Bertz CT molecular complexity index is 968. The van der Waals surface area contributed by atoms with Gasteiger partial charge in [0.1, 0.15) is 0 Å². The van der Waals surface area contributed by atoms with Crippen molar-refractivity contribution in [1.29, 1.82) is 0 Å². The van der Waals surface area contributed by atoms with Crippen LogP contribution in [0.5, 0.6) is 0 Å². The highest BCUT2D eigenvalue weighted by Crippen LogP contribution is 2.43. The number of amides is 1. The van der Waals surface area contributed by atoms with Crippen molar-refractivity contribution >= 4 is 17.6 Å². The second-order valence-corrected chi connectivity index (χ2v) is 7.69. The Kier molecular flexibility index (Phi) is 6.82. The molecule has 0 spiro atoms. The summed E-state index contributed by atoms with van der Waals surface area (Å²) < 4.78 is 64.2. The van der Waals surface area contributed by atoms with E-state index >= 15 is 0 Å². The number of halogens is 5. The van der Waals surface area contributed by atoms with Crippen molar-refractivity contribution in [2.45, 2.75) is 31.5 Å². The standard InChI is InChI=1S/C22H21F5N2O3/c23-21(24,22(25,26)27)17-6-4-15(5-7-17)19(30)28-18-3-1-2-14(12-18)13-29-10-8-16(9-11-29)20(31)32/h1-7,12,16H,8-11,13H2,(H,28,30)(H,31,32). The van der Waals surface area contributed by atoms with Crippen molar-refractivity contribution in [2.24, 2.45) is 5.92 Å². The number of carboxylic acids is 1. The summed E-state index contributed by atoms with van der Waals surface area (Å²) in [5.41, 5.74) is 0.0254. The van der Waals surface area contributed by atoms with Crippen LogP contribution in [-0.2, 0) is 17.3 Å². The number of nitrogens with zero attached hydrogens (tertiary/aromatic N) is 1. The van der Waals surface area contributed by atoms with E-state index in [0.29, 0.717) is 50.3 Å². The summed E-state index contributed by atoms with van der Waals surface area (Å²) in [5, 5.41) is 11.7. The minimum absolute atomic E-state index is 0.0622. The number of alkyl halides is 5. The molecule has 2 aromatic carbocycles. The molecule has 1 heterocycles. The zero-order chi connectivity index (χ0) is 23.5. The van der Waals surface area contributed by atoms with Gasteiger partial charge in [0.2, 0.25) is 0 Å². The van der Waals surface area contributed by atoms with Crippen LogP contribution in [0.15, 0.2) is 48.5 Å². The van der Waals surface area contributed by atoms with Gasteiger partial charge in [-0.15, -0.1) is 0 Å². The van der Waals surface area contributed by atoms with E-state index in [-0.39, 0.29) is 11.5 Å². The van der Waals surface area contributed by atoms with Crippen LogP contribution in [0.25, 0.3) is 0 Å². The maximum absolute atomic E-state index is 13.4. The van der Waals surface area contributed by atoms with Crippen molar-refractivity contribution in [3.63, 3.8) is 0 Å². The van der Waals surface area contributed by atoms with Crippen LogP contribution < -0.4 is 5.32 Å². The molecular weight excluding hydrogens is 435 g/mol. The van der Waals surface area contributed by atoms with E-state index in [1.165, 1.54) is 0 Å². The first-order chi connectivity index (χ1) is 15.0. The first-order valence-corrected chi connectivity index (χ1v) is 9.88. The smallest absolute Gasteiger partial charge is 0.458 e. The molecule has 1 aliphatic rings. The Hall–Kier alpha value is -3.01. The normalized spacial score (nSPS) is 16.0. The molecule has 1 amide bonds. The van der Waals surface area contributed by atoms with Crippen molar-refractivity contribution in [1.82, 2.24) is 4.90 Å². The number of carbonyl (C=O) groups is 2. The van der Waals surface area contributed by atoms with Gasteiger partial charge in [-0.05, 0) is 55.8 Å². The molecule has 2 aromatic rings. The van der Waals surface area contributed by atoms with E-state index in [2.05, 4.69) is 10.2 Å². The van der Waals surface area contributed by atoms with Crippen molar-refractivity contribution < 1.29 is 36.6 Å². The van der Waals surface area contributed by atoms with Gasteiger partial charge in [-0.25, -0.2) is 0 Å². The van der Waals surface area contributed by atoms with Crippen molar-refractivity contribution in [2.75, 3.05) is 18.4 Å². The maximum atomic E-state index is 13.4. The van der Waals surface area contributed by atoms with Crippen LogP contribution in [0.2, 0.25) is 0 Å². The fourth-order valence-corrected chi connectivity index (χ4v) is 3.54. The molecule has 5 nitrogen and oxygen atoms in total. The zero-order valence-corrected chi connectivity index (χ0v) is 16.8. The SMILES string of the molecule is O=C(Nc1cccc(CN2CCC(C(=O)O)CC2)c1)c1ccc(C(F)(F)C(F)(F)F)cc1. The largest absolute Gasteiger partial charge is 0.481 e. The summed E-state index contributed by atoms with van der Waals surface area (Å²) in [4.78, 5) is 25.5. The third kappa shape index (κ3) is 5.42. The Labute approximate surface area is 180 Å². The summed E-state index contributed by atoms with van der Waals surface area (Å²) in [6.07, 6.45) is -4.59. The number of piperidine rings is 1. The number of carboxylic acid groups (broad SMARTS) is 1. The lowest BCUT2D eigenvalue weighted by atomic mass is 9.97. The van der Waals surface area contributed by atoms with Gasteiger partial charge >= 0.3 is 18.1 Å². The van der Waals surface area contributed by atoms with Crippen LogP contribution in [0.1, 0.15) is 34.3 Å². The second-order valence-electron chi connectivity index (χ2n) is 7.69. The Morgan fingerprint density at radius 2 is 1.62 bits per heavy atom. The summed E-state index contributed by atoms with van der Waals surface area (Å²) >= 11 is 0. The highest BCUT2D eigenvalue weighted by atomic mass is 19.4. The monoisotopic (exact) mass is 456 g/mol. The van der Waals surface area contributed by atoms with E-state index in [9.17, 15) is 31.5 Å². The molecule has 10 heteroatoms. The fraction of sp³-hybridized carbons (Fsp3) is 0.364. The molecule has 172 valence electrons. The number of benzene rings is 2. The molecule has 1 aliphatic heterocycles. The van der Waals surface area contributed by atoms with Gasteiger partial charge in [-0.2, -0.15) is 22.0 Å². The number of nitrogens with one attached hydrogen (secondary N) is 1. The quantitative estimate of drug-likeness (QED) is 0.608. The van der Waals surface area contributed by atoms with Gasteiger partial charge in [-0.1, -0.05) is 24.3 Å². The lowest BCUT2D eigenvalue weighted by Gasteiger charge is -2.30. The lowest BCUT2D eigenvalue weighted by molar-refractivity contribution is -0.289. The highest BCUT2D eigenvalue weighted by Gasteiger charge is 2.58. The first-order valence-electron chi connectivity index (χ1n) is 9.88. The number of likely N-dealkylation sites (tertiary alicyclic amines) is 1. The van der Waals surface area contributed by atoms with E-state index < -0.39 is 29.5 Å². The molecule has 1 fully saturated rings. The molecule has 0 saturated carbocycles. The average Bonchev–Trinajstić information content (AvgIpc) is 2.73. The van der Waals surface area contributed by atoms with E-state index in [4.69, 9.17) is 5.11 Å². The van der Waals surface area contributed by atoms with Gasteiger partial charge < -0.3 is 10.4 Å². The molecule has 1 saturated heterocycles. The number of rotatable bonds is 6. The van der Waals surface area contributed by atoms with Gasteiger partial charge in [-0.3, -0.25) is 14.5 Å². The van der Waals surface area contributed by atoms with Crippen molar-refractivity contribution in [3.8, 4) is 0 Å². The van der Waals surface area contributed by atoms with Gasteiger partial charge in [0.25, 0.3) is 5.91 Å². The van der Waals surface area contributed by atoms with Gasteiger partial charge in [0.15, 0.2) is 0 Å². The molecule has 32 heavy (non-hydrogen) atoms. The predicted octanol–water partition coefficient (Wildman–Crippen LogP) is 4.89. The molecule has 0 radical (unpaired) electrons. The second kappa shape index (κ2) is 9.23. The zero-order valence-electron chi connectivity index (χ0n) is 16.8. The van der Waals surface area contributed by atoms with Crippen LogP contribution >= 0.6 is 0 Å². The van der Waals surface area contributed by atoms with E-state index in [1.807, 2.05) is 6.07 Å². The lowest BCUT2D eigenvalue weighted by Crippen LogP contribution is -2.35. The van der Waals surface area contributed by atoms with Crippen molar-refractivity contribution in [3.05, 3.63) is 65.2 Å². The Morgan fingerprint density at radius 1 is 1.00 bits per heavy atom. The third-order valence-electron chi connectivity index (χ3n) is 5.39. The minimum atomic E-state index is -5.72. The van der Waals surface area contributed by atoms with Gasteiger partial charge in [0.05, 0.1) is 5.92 Å². The highest BCUT2D eigenvalue weighted by molar-refractivity contribution is 6.04.